The Morgan fingerprint density at radius 2 is 1.38 bits per heavy atom. The van der Waals surface area contributed by atoms with Crippen LogP contribution < -0.4 is 0 Å². The quantitative estimate of drug-likeness (QED) is 0.106. The predicted molar refractivity (Wildman–Crippen MR) is 114 cm³/mol. The van der Waals surface area contributed by atoms with Gasteiger partial charge in [-0.3, -0.25) is 9.32 Å². The first-order valence-corrected chi connectivity index (χ1v) is 12.6. The second kappa shape index (κ2) is 19.3. The standard InChI is InChI=1S/C21H41O7P/c1-2-3-4-5-6-7-8-9-10-11-12-13-14-15-16-17-21(23)27-18-20(22)19-28-29(24,25)26/h11-12,20,22H,2-10,13-19H2,1H3,(H2,24,25,26)/b12-11-. The number of esters is 1. The highest BCUT2D eigenvalue weighted by Gasteiger charge is 2.17. The zero-order valence-electron chi connectivity index (χ0n) is 18.0. The van der Waals surface area contributed by atoms with Crippen LogP contribution in [-0.4, -0.2) is 40.2 Å². The van der Waals surface area contributed by atoms with Gasteiger partial charge in [0.15, 0.2) is 0 Å². The first-order chi connectivity index (χ1) is 13.8. The number of phosphoric ester groups is 1. The summed E-state index contributed by atoms with van der Waals surface area (Å²) in [6, 6.07) is 0. The van der Waals surface area contributed by atoms with E-state index in [0.717, 1.165) is 32.1 Å². The molecule has 0 aliphatic rings. The third-order valence-electron chi connectivity index (χ3n) is 4.51. The molecule has 0 amide bonds. The predicted octanol–water partition coefficient (Wildman–Crippen LogP) is 5.04. The number of unbranched alkanes of at least 4 members (excludes halogenated alkanes) is 11. The van der Waals surface area contributed by atoms with Gasteiger partial charge in [-0.1, -0.05) is 70.4 Å². The monoisotopic (exact) mass is 436 g/mol. The minimum Gasteiger partial charge on any atom is -0.463 e. The normalized spacial score (nSPS) is 13.1. The molecule has 172 valence electrons. The van der Waals surface area contributed by atoms with Crippen LogP contribution in [-0.2, 0) is 18.6 Å². The molecule has 0 rings (SSSR count). The fourth-order valence-corrected chi connectivity index (χ4v) is 3.20. The fraction of sp³-hybridized carbons (Fsp3) is 0.857. The van der Waals surface area contributed by atoms with E-state index >= 15 is 0 Å². The number of carbonyl (C=O) groups excluding carboxylic acids is 1. The van der Waals surface area contributed by atoms with Crippen LogP contribution in [0.5, 0.6) is 0 Å². The summed E-state index contributed by atoms with van der Waals surface area (Å²) in [6.45, 7) is 1.33. The van der Waals surface area contributed by atoms with Gasteiger partial charge in [-0.25, -0.2) is 4.57 Å². The molecule has 7 nitrogen and oxygen atoms in total. The zero-order chi connectivity index (χ0) is 21.8. The van der Waals surface area contributed by atoms with Crippen molar-refractivity contribution in [1.82, 2.24) is 0 Å². The van der Waals surface area contributed by atoms with Crippen LogP contribution in [0.4, 0.5) is 0 Å². The van der Waals surface area contributed by atoms with Gasteiger partial charge in [0.2, 0.25) is 0 Å². The van der Waals surface area contributed by atoms with E-state index in [1.54, 1.807) is 0 Å². The van der Waals surface area contributed by atoms with Crippen LogP contribution in [0.3, 0.4) is 0 Å². The van der Waals surface area contributed by atoms with Gasteiger partial charge in [-0.15, -0.1) is 0 Å². The summed E-state index contributed by atoms with van der Waals surface area (Å²) in [5, 5.41) is 9.41. The van der Waals surface area contributed by atoms with Crippen molar-refractivity contribution in [3.05, 3.63) is 12.2 Å². The average molecular weight is 437 g/mol. The molecule has 0 saturated heterocycles. The van der Waals surface area contributed by atoms with Gasteiger partial charge < -0.3 is 19.6 Å². The van der Waals surface area contributed by atoms with Gasteiger partial charge in [0.25, 0.3) is 0 Å². The Bertz CT molecular complexity index is 462. The summed E-state index contributed by atoms with van der Waals surface area (Å²) in [7, 11) is -4.62. The molecule has 0 aliphatic carbocycles. The summed E-state index contributed by atoms with van der Waals surface area (Å²) < 4.78 is 19.5. The number of rotatable bonds is 20. The van der Waals surface area contributed by atoms with Gasteiger partial charge >= 0.3 is 13.8 Å². The molecular weight excluding hydrogens is 395 g/mol. The lowest BCUT2D eigenvalue weighted by Crippen LogP contribution is -2.23. The molecule has 0 aromatic carbocycles. The van der Waals surface area contributed by atoms with Crippen molar-refractivity contribution < 1.29 is 33.5 Å². The molecule has 1 atom stereocenters. The van der Waals surface area contributed by atoms with Gasteiger partial charge in [-0.05, 0) is 32.1 Å². The second-order valence-electron chi connectivity index (χ2n) is 7.46. The Kier molecular flexibility index (Phi) is 18.8. The maximum atomic E-state index is 11.5. The Morgan fingerprint density at radius 1 is 0.862 bits per heavy atom. The van der Waals surface area contributed by atoms with Gasteiger partial charge in [0.05, 0.1) is 6.61 Å². The van der Waals surface area contributed by atoms with Gasteiger partial charge in [0.1, 0.15) is 12.7 Å². The molecule has 0 aromatic heterocycles. The van der Waals surface area contributed by atoms with E-state index in [1.807, 2.05) is 0 Å². The second-order valence-corrected chi connectivity index (χ2v) is 8.70. The molecule has 0 radical (unpaired) electrons. The molecule has 0 spiro atoms. The van der Waals surface area contributed by atoms with Gasteiger partial charge in [0, 0.05) is 6.42 Å². The fourth-order valence-electron chi connectivity index (χ4n) is 2.83. The molecule has 0 heterocycles. The summed E-state index contributed by atoms with van der Waals surface area (Å²) >= 11 is 0. The van der Waals surface area contributed by atoms with Crippen LogP contribution in [0.25, 0.3) is 0 Å². The third kappa shape index (κ3) is 23.4. The summed E-state index contributed by atoms with van der Waals surface area (Å²) in [6.07, 6.45) is 19.1. The van der Waals surface area contributed by atoms with E-state index in [4.69, 9.17) is 14.5 Å². The highest BCUT2D eigenvalue weighted by Crippen LogP contribution is 2.35. The molecular formula is C21H41O7P. The van der Waals surface area contributed by atoms with Crippen molar-refractivity contribution in [3.63, 3.8) is 0 Å². The maximum absolute atomic E-state index is 11.5. The summed E-state index contributed by atoms with van der Waals surface area (Å²) in [5.41, 5.74) is 0. The van der Waals surface area contributed by atoms with E-state index in [2.05, 4.69) is 23.6 Å². The van der Waals surface area contributed by atoms with Crippen molar-refractivity contribution in [2.75, 3.05) is 13.2 Å². The molecule has 29 heavy (non-hydrogen) atoms. The maximum Gasteiger partial charge on any atom is 0.469 e. The van der Waals surface area contributed by atoms with Crippen LogP contribution in [0.15, 0.2) is 12.2 Å². The SMILES string of the molecule is CCCCCCCCCC/C=C\CCCCCC(=O)OCC(O)COP(=O)(O)O. The smallest absolute Gasteiger partial charge is 0.463 e. The number of aliphatic hydroxyl groups is 1. The van der Waals surface area contributed by atoms with Crippen molar-refractivity contribution in [1.29, 1.82) is 0 Å². The van der Waals surface area contributed by atoms with E-state index in [9.17, 15) is 14.5 Å². The lowest BCUT2D eigenvalue weighted by molar-refractivity contribution is -0.147. The van der Waals surface area contributed by atoms with Crippen LogP contribution in [0.2, 0.25) is 0 Å². The molecule has 0 bridgehead atoms. The highest BCUT2D eigenvalue weighted by atomic mass is 31.2. The van der Waals surface area contributed by atoms with Crippen LogP contribution >= 0.6 is 7.82 Å². The largest absolute Gasteiger partial charge is 0.469 e. The molecule has 3 N–H and O–H groups in total. The first kappa shape index (κ1) is 28.3. The highest BCUT2D eigenvalue weighted by molar-refractivity contribution is 7.46. The molecule has 0 saturated carbocycles. The summed E-state index contributed by atoms with van der Waals surface area (Å²) in [5.74, 6) is -0.425. The number of ether oxygens (including phenoxy) is 1. The van der Waals surface area contributed by atoms with Gasteiger partial charge in [-0.2, -0.15) is 0 Å². The van der Waals surface area contributed by atoms with Crippen LogP contribution in [0, 0.1) is 0 Å². The molecule has 0 aliphatic heterocycles. The Morgan fingerprint density at radius 3 is 1.93 bits per heavy atom. The molecule has 1 unspecified atom stereocenters. The number of allylic oxidation sites excluding steroid dienone is 2. The van der Waals surface area contributed by atoms with Crippen molar-refractivity contribution >= 4 is 13.8 Å². The topological polar surface area (TPSA) is 113 Å². The Balaban J connectivity index is 3.39. The number of hydrogen-bond acceptors (Lipinski definition) is 5. The van der Waals surface area contributed by atoms with E-state index in [0.29, 0.717) is 0 Å². The minimum atomic E-state index is -4.62. The van der Waals surface area contributed by atoms with Crippen molar-refractivity contribution in [2.24, 2.45) is 0 Å². The molecule has 8 heteroatoms. The van der Waals surface area contributed by atoms with E-state index in [1.165, 1.54) is 51.4 Å². The lowest BCUT2D eigenvalue weighted by atomic mass is 10.1. The van der Waals surface area contributed by atoms with Crippen molar-refractivity contribution in [3.8, 4) is 0 Å². The summed E-state index contributed by atoms with van der Waals surface area (Å²) in [4.78, 5) is 28.6. The Labute approximate surface area is 176 Å². The van der Waals surface area contributed by atoms with Crippen LogP contribution in [0.1, 0.15) is 96.8 Å². The zero-order valence-corrected chi connectivity index (χ0v) is 18.9. The lowest BCUT2D eigenvalue weighted by Gasteiger charge is -2.12. The number of hydrogen-bond donors (Lipinski definition) is 3. The third-order valence-corrected chi connectivity index (χ3v) is 5.00. The van der Waals surface area contributed by atoms with Crippen molar-refractivity contribution in [2.45, 2.75) is 103 Å². The minimum absolute atomic E-state index is 0.272. The Hall–Kier alpha value is -0.720. The number of phosphoric acid groups is 1. The molecule has 0 aromatic rings. The van der Waals surface area contributed by atoms with E-state index < -0.39 is 26.5 Å². The average Bonchev–Trinajstić information content (AvgIpc) is 2.67. The number of aliphatic hydroxyl groups excluding tert-OH is 1. The number of carbonyl (C=O) groups is 1. The van der Waals surface area contributed by atoms with E-state index in [-0.39, 0.29) is 13.0 Å². The first-order valence-electron chi connectivity index (χ1n) is 11.0. The molecule has 0 fully saturated rings.